The van der Waals surface area contributed by atoms with E-state index in [1.807, 2.05) is 43.5 Å². The van der Waals surface area contributed by atoms with Crippen LogP contribution in [-0.4, -0.2) is 28.9 Å². The van der Waals surface area contributed by atoms with Crippen molar-refractivity contribution < 1.29 is 9.59 Å². The number of nitrogens with one attached hydrogen (secondary N) is 2. The third-order valence-corrected chi connectivity index (χ3v) is 4.32. The van der Waals surface area contributed by atoms with Gasteiger partial charge in [0.15, 0.2) is 0 Å². The van der Waals surface area contributed by atoms with E-state index in [9.17, 15) is 9.59 Å². The monoisotopic (exact) mass is 346 g/mol. The molecule has 0 aliphatic heterocycles. The molecule has 0 spiro atoms. The van der Waals surface area contributed by atoms with E-state index in [1.54, 1.807) is 18.1 Å². The van der Waals surface area contributed by atoms with Gasteiger partial charge in [-0.15, -0.1) is 11.3 Å². The third kappa shape index (κ3) is 5.06. The van der Waals surface area contributed by atoms with Crippen LogP contribution in [0.5, 0.6) is 0 Å². The molecular formula is C17H22N4O2S. The van der Waals surface area contributed by atoms with E-state index in [0.29, 0.717) is 13.0 Å². The molecule has 1 aromatic carbocycles. The summed E-state index contributed by atoms with van der Waals surface area (Å²) in [6.45, 7) is 4.22. The Hall–Kier alpha value is -2.41. The molecule has 0 bridgehead atoms. The van der Waals surface area contributed by atoms with Crippen molar-refractivity contribution in [1.82, 2.24) is 15.2 Å². The first-order chi connectivity index (χ1) is 11.5. The molecule has 0 aliphatic carbocycles. The average molecular weight is 346 g/mol. The fourth-order valence-electron chi connectivity index (χ4n) is 2.09. The maximum atomic E-state index is 12.2. The second kappa shape index (κ2) is 8.44. The van der Waals surface area contributed by atoms with Gasteiger partial charge < -0.3 is 15.5 Å². The number of thiazole rings is 1. The van der Waals surface area contributed by atoms with Crippen molar-refractivity contribution in [3.8, 4) is 0 Å². The molecule has 0 unspecified atom stereocenters. The maximum Gasteiger partial charge on any atom is 0.317 e. The predicted molar refractivity (Wildman–Crippen MR) is 95.9 cm³/mol. The minimum absolute atomic E-state index is 0.0205. The Morgan fingerprint density at radius 3 is 2.58 bits per heavy atom. The van der Waals surface area contributed by atoms with Gasteiger partial charge in [0.05, 0.1) is 12.6 Å². The first kappa shape index (κ1) is 17.9. The Labute approximate surface area is 145 Å². The van der Waals surface area contributed by atoms with Crippen LogP contribution in [0.15, 0.2) is 35.8 Å². The molecule has 2 aromatic rings. The SMILES string of the molecule is CCC(=O)Nc1ccc([C@@H](C)NC(=O)N(C)Cc2nccs2)cc1. The minimum atomic E-state index is -0.152. The standard InChI is InChI=1S/C17H22N4O2S/c1-4-15(22)20-14-7-5-13(6-8-14)12(2)19-17(23)21(3)11-16-18-9-10-24-16/h5-10,12H,4,11H2,1-3H3,(H,19,23)(H,20,22)/t12-/m1/s1. The molecule has 0 saturated heterocycles. The van der Waals surface area contributed by atoms with Gasteiger partial charge in [-0.05, 0) is 24.6 Å². The van der Waals surface area contributed by atoms with Gasteiger partial charge >= 0.3 is 6.03 Å². The van der Waals surface area contributed by atoms with E-state index in [4.69, 9.17) is 0 Å². The van der Waals surface area contributed by atoms with Crippen LogP contribution in [0.25, 0.3) is 0 Å². The summed E-state index contributed by atoms with van der Waals surface area (Å²) in [7, 11) is 1.74. The molecule has 24 heavy (non-hydrogen) atoms. The summed E-state index contributed by atoms with van der Waals surface area (Å²) in [4.78, 5) is 29.4. The Morgan fingerprint density at radius 1 is 1.29 bits per heavy atom. The van der Waals surface area contributed by atoms with Gasteiger partial charge in [0.2, 0.25) is 5.91 Å². The molecule has 1 aromatic heterocycles. The molecule has 0 aliphatic rings. The molecular weight excluding hydrogens is 324 g/mol. The number of urea groups is 1. The summed E-state index contributed by atoms with van der Waals surface area (Å²) in [5.74, 6) is -0.0205. The molecule has 0 radical (unpaired) electrons. The number of hydrogen-bond acceptors (Lipinski definition) is 4. The topological polar surface area (TPSA) is 74.3 Å². The zero-order valence-electron chi connectivity index (χ0n) is 14.1. The number of carbonyl (C=O) groups excluding carboxylic acids is 2. The smallest absolute Gasteiger partial charge is 0.317 e. The van der Waals surface area contributed by atoms with Crippen molar-refractivity contribution in [2.24, 2.45) is 0 Å². The quantitative estimate of drug-likeness (QED) is 0.842. The van der Waals surface area contributed by atoms with Crippen LogP contribution in [0.1, 0.15) is 36.9 Å². The van der Waals surface area contributed by atoms with Crippen molar-refractivity contribution in [2.45, 2.75) is 32.9 Å². The maximum absolute atomic E-state index is 12.2. The molecule has 2 rings (SSSR count). The van der Waals surface area contributed by atoms with Crippen LogP contribution >= 0.6 is 11.3 Å². The Kier molecular flexibility index (Phi) is 6.31. The highest BCUT2D eigenvalue weighted by molar-refractivity contribution is 7.09. The van der Waals surface area contributed by atoms with Gasteiger partial charge in [-0.3, -0.25) is 4.79 Å². The number of aromatic nitrogens is 1. The van der Waals surface area contributed by atoms with Gasteiger partial charge in [0.1, 0.15) is 5.01 Å². The molecule has 7 heteroatoms. The average Bonchev–Trinajstić information content (AvgIpc) is 3.08. The fraction of sp³-hybridized carbons (Fsp3) is 0.353. The molecule has 3 amide bonds. The minimum Gasteiger partial charge on any atom is -0.331 e. The van der Waals surface area contributed by atoms with E-state index in [1.165, 1.54) is 11.3 Å². The lowest BCUT2D eigenvalue weighted by Gasteiger charge is -2.21. The number of benzene rings is 1. The van der Waals surface area contributed by atoms with Crippen LogP contribution in [-0.2, 0) is 11.3 Å². The van der Waals surface area contributed by atoms with Gasteiger partial charge in [0.25, 0.3) is 0 Å². The van der Waals surface area contributed by atoms with Gasteiger partial charge in [-0.1, -0.05) is 19.1 Å². The predicted octanol–water partition coefficient (Wildman–Crippen LogP) is 3.39. The third-order valence-electron chi connectivity index (χ3n) is 3.56. The molecule has 2 N–H and O–H groups in total. The normalized spacial score (nSPS) is 11.6. The highest BCUT2D eigenvalue weighted by Gasteiger charge is 2.14. The van der Waals surface area contributed by atoms with E-state index in [-0.39, 0.29) is 18.0 Å². The second-order valence-electron chi connectivity index (χ2n) is 5.48. The van der Waals surface area contributed by atoms with Gasteiger partial charge in [-0.25, -0.2) is 9.78 Å². The zero-order chi connectivity index (χ0) is 17.5. The number of rotatable bonds is 6. The fourth-order valence-corrected chi connectivity index (χ4v) is 2.76. The summed E-state index contributed by atoms with van der Waals surface area (Å²) in [5.41, 5.74) is 1.73. The van der Waals surface area contributed by atoms with Crippen molar-refractivity contribution in [2.75, 3.05) is 12.4 Å². The van der Waals surface area contributed by atoms with Crippen LogP contribution < -0.4 is 10.6 Å². The second-order valence-corrected chi connectivity index (χ2v) is 6.46. The van der Waals surface area contributed by atoms with E-state index < -0.39 is 0 Å². The number of amides is 3. The highest BCUT2D eigenvalue weighted by atomic mass is 32.1. The van der Waals surface area contributed by atoms with Crippen molar-refractivity contribution in [1.29, 1.82) is 0 Å². The zero-order valence-corrected chi connectivity index (χ0v) is 14.9. The van der Waals surface area contributed by atoms with Crippen molar-refractivity contribution >= 4 is 29.0 Å². The van der Waals surface area contributed by atoms with E-state index >= 15 is 0 Å². The first-order valence-corrected chi connectivity index (χ1v) is 8.67. The van der Waals surface area contributed by atoms with Crippen LogP contribution in [0.2, 0.25) is 0 Å². The van der Waals surface area contributed by atoms with Crippen LogP contribution in [0, 0.1) is 0 Å². The molecule has 128 valence electrons. The van der Waals surface area contributed by atoms with Crippen molar-refractivity contribution in [3.63, 3.8) is 0 Å². The molecule has 6 nitrogen and oxygen atoms in total. The number of nitrogens with zero attached hydrogens (tertiary/aromatic N) is 2. The molecule has 1 atom stereocenters. The lowest BCUT2D eigenvalue weighted by molar-refractivity contribution is -0.115. The molecule has 0 saturated carbocycles. The summed E-state index contributed by atoms with van der Waals surface area (Å²) in [5, 5.41) is 8.55. The Bertz CT molecular complexity index is 670. The summed E-state index contributed by atoms with van der Waals surface area (Å²) < 4.78 is 0. The lowest BCUT2D eigenvalue weighted by atomic mass is 10.1. The lowest BCUT2D eigenvalue weighted by Crippen LogP contribution is -2.38. The summed E-state index contributed by atoms with van der Waals surface area (Å²) in [6.07, 6.45) is 2.17. The number of carbonyl (C=O) groups is 2. The Balaban J connectivity index is 1.90. The highest BCUT2D eigenvalue weighted by Crippen LogP contribution is 2.17. The number of hydrogen-bond donors (Lipinski definition) is 2. The van der Waals surface area contributed by atoms with Gasteiger partial charge in [-0.2, -0.15) is 0 Å². The van der Waals surface area contributed by atoms with E-state index in [2.05, 4.69) is 15.6 Å². The van der Waals surface area contributed by atoms with E-state index in [0.717, 1.165) is 16.3 Å². The largest absolute Gasteiger partial charge is 0.331 e. The first-order valence-electron chi connectivity index (χ1n) is 7.79. The molecule has 0 fully saturated rings. The van der Waals surface area contributed by atoms with Crippen LogP contribution in [0.4, 0.5) is 10.5 Å². The van der Waals surface area contributed by atoms with Crippen molar-refractivity contribution in [3.05, 3.63) is 46.4 Å². The Morgan fingerprint density at radius 2 is 2.00 bits per heavy atom. The summed E-state index contributed by atoms with van der Waals surface area (Å²) in [6, 6.07) is 7.19. The van der Waals surface area contributed by atoms with Gasteiger partial charge in [0, 0.05) is 30.7 Å². The summed E-state index contributed by atoms with van der Waals surface area (Å²) >= 11 is 1.52. The number of anilines is 1. The van der Waals surface area contributed by atoms with Crippen LogP contribution in [0.3, 0.4) is 0 Å². The molecule has 1 heterocycles.